The minimum atomic E-state index is -4.46. The molecule has 1 aliphatic heterocycles. The van der Waals surface area contributed by atoms with Crippen LogP contribution in [0.5, 0.6) is 0 Å². The van der Waals surface area contributed by atoms with Crippen LogP contribution in [0.2, 0.25) is 0 Å². The summed E-state index contributed by atoms with van der Waals surface area (Å²) < 4.78 is 40.3. The third-order valence-electron chi connectivity index (χ3n) is 4.57. The summed E-state index contributed by atoms with van der Waals surface area (Å²) in [4.78, 5) is 8.60. The molecule has 1 atom stereocenters. The average molecular weight is 488 g/mol. The Morgan fingerprint density at radius 1 is 1.46 bits per heavy atom. The molecule has 1 fully saturated rings. The van der Waals surface area contributed by atoms with Gasteiger partial charge >= 0.3 is 6.18 Å². The first-order chi connectivity index (χ1) is 11.8. The summed E-state index contributed by atoms with van der Waals surface area (Å²) in [7, 11) is 5.04. The zero-order valence-corrected chi connectivity index (χ0v) is 18.0. The quantitative estimate of drug-likeness (QED) is 0.394. The fraction of sp³-hybridized carbons (Fsp3) is 0.750. The summed E-state index contributed by atoms with van der Waals surface area (Å²) in [6.07, 6.45) is -0.753. The first-order valence-electron chi connectivity index (χ1n) is 8.51. The number of rotatable bonds is 5. The lowest BCUT2D eigenvalue weighted by Gasteiger charge is -2.29. The van der Waals surface area contributed by atoms with Gasteiger partial charge in [0, 0.05) is 52.0 Å². The molecule has 1 saturated heterocycles. The second-order valence-electron chi connectivity index (χ2n) is 6.38. The lowest BCUT2D eigenvalue weighted by atomic mass is 10.2. The van der Waals surface area contributed by atoms with Gasteiger partial charge in [-0.25, -0.2) is 0 Å². The molecule has 1 aromatic heterocycles. The number of nitrogens with zero attached hydrogens (tertiary/aromatic N) is 5. The van der Waals surface area contributed by atoms with E-state index in [1.54, 1.807) is 7.05 Å². The van der Waals surface area contributed by atoms with Gasteiger partial charge in [0.25, 0.3) is 0 Å². The Kier molecular flexibility index (Phi) is 8.64. The van der Waals surface area contributed by atoms with E-state index < -0.39 is 11.9 Å². The number of hydrogen-bond acceptors (Lipinski definition) is 3. The number of hydrogen-bond donors (Lipinski definition) is 1. The Labute approximate surface area is 169 Å². The van der Waals surface area contributed by atoms with Crippen molar-refractivity contribution in [2.45, 2.75) is 38.5 Å². The summed E-state index contributed by atoms with van der Waals surface area (Å²) in [6, 6.07) is 0.456. The van der Waals surface area contributed by atoms with E-state index in [4.69, 9.17) is 0 Å². The van der Waals surface area contributed by atoms with Gasteiger partial charge in [-0.05, 0) is 25.9 Å². The van der Waals surface area contributed by atoms with Crippen LogP contribution in [0, 0.1) is 0 Å². The number of likely N-dealkylation sites (N-methyl/N-ethyl adjacent to an activating group) is 2. The number of nitrogens with one attached hydrogen (secondary N) is 1. The summed E-state index contributed by atoms with van der Waals surface area (Å²) >= 11 is 0. The Bertz CT molecular complexity index is 601. The van der Waals surface area contributed by atoms with E-state index in [-0.39, 0.29) is 36.1 Å². The van der Waals surface area contributed by atoms with E-state index in [0.717, 1.165) is 26.1 Å². The molecular formula is C16H28F3IN6. The van der Waals surface area contributed by atoms with Crippen LogP contribution in [0.15, 0.2) is 11.2 Å². The SMILES string of the molecule is CCN1CCCC1CN(C)C(=NC)NCc1cn(C)nc1C(F)(F)F.I. The molecule has 2 heterocycles. The maximum Gasteiger partial charge on any atom is 0.435 e. The number of guanidine groups is 1. The highest BCUT2D eigenvalue weighted by Gasteiger charge is 2.36. The normalized spacial score (nSPS) is 18.7. The highest BCUT2D eigenvalue weighted by Crippen LogP contribution is 2.30. The van der Waals surface area contributed by atoms with Crippen LogP contribution in [0.3, 0.4) is 0 Å². The lowest BCUT2D eigenvalue weighted by Crippen LogP contribution is -2.45. The van der Waals surface area contributed by atoms with E-state index in [9.17, 15) is 13.2 Å². The molecule has 1 aromatic rings. The molecule has 1 aliphatic rings. The van der Waals surface area contributed by atoms with E-state index in [1.165, 1.54) is 24.3 Å². The van der Waals surface area contributed by atoms with Gasteiger partial charge in [0.2, 0.25) is 0 Å². The van der Waals surface area contributed by atoms with Crippen molar-refractivity contribution in [1.29, 1.82) is 0 Å². The van der Waals surface area contributed by atoms with Crippen molar-refractivity contribution in [3.63, 3.8) is 0 Å². The maximum absolute atomic E-state index is 13.0. The van der Waals surface area contributed by atoms with E-state index in [2.05, 4.69) is 27.2 Å². The van der Waals surface area contributed by atoms with E-state index >= 15 is 0 Å². The Hall–Kier alpha value is -1.04. The number of aromatic nitrogens is 2. The van der Waals surface area contributed by atoms with E-state index in [0.29, 0.717) is 12.0 Å². The molecule has 150 valence electrons. The van der Waals surface area contributed by atoms with Crippen molar-refractivity contribution in [2.24, 2.45) is 12.0 Å². The van der Waals surface area contributed by atoms with Crippen LogP contribution >= 0.6 is 24.0 Å². The minimum absolute atomic E-state index is 0. The molecule has 26 heavy (non-hydrogen) atoms. The molecule has 0 bridgehead atoms. The van der Waals surface area contributed by atoms with Crippen molar-refractivity contribution in [3.8, 4) is 0 Å². The Morgan fingerprint density at radius 2 is 2.15 bits per heavy atom. The largest absolute Gasteiger partial charge is 0.435 e. The molecule has 0 aliphatic carbocycles. The van der Waals surface area contributed by atoms with Crippen molar-refractivity contribution in [1.82, 2.24) is 24.9 Å². The molecule has 1 N–H and O–H groups in total. The maximum atomic E-state index is 13.0. The molecule has 0 amide bonds. The predicted octanol–water partition coefficient (Wildman–Crippen LogP) is 2.55. The first-order valence-corrected chi connectivity index (χ1v) is 8.51. The third kappa shape index (κ3) is 5.73. The molecule has 0 spiro atoms. The van der Waals surface area contributed by atoms with Gasteiger partial charge in [-0.1, -0.05) is 6.92 Å². The topological polar surface area (TPSA) is 48.7 Å². The number of likely N-dealkylation sites (tertiary alicyclic amines) is 1. The van der Waals surface area contributed by atoms with E-state index in [1.807, 2.05) is 11.9 Å². The van der Waals surface area contributed by atoms with Crippen LogP contribution < -0.4 is 5.32 Å². The molecule has 10 heteroatoms. The van der Waals surface area contributed by atoms with Gasteiger partial charge in [-0.15, -0.1) is 24.0 Å². The van der Waals surface area contributed by atoms with Gasteiger partial charge < -0.3 is 10.2 Å². The number of alkyl halides is 3. The van der Waals surface area contributed by atoms with Gasteiger partial charge in [-0.3, -0.25) is 14.6 Å². The molecule has 2 rings (SSSR count). The van der Waals surface area contributed by atoms with Crippen molar-refractivity contribution in [3.05, 3.63) is 17.5 Å². The molecule has 0 saturated carbocycles. The van der Waals surface area contributed by atoms with Crippen LogP contribution in [0.4, 0.5) is 13.2 Å². The smallest absolute Gasteiger partial charge is 0.352 e. The van der Waals surface area contributed by atoms with Gasteiger partial charge in [0.05, 0.1) is 0 Å². The van der Waals surface area contributed by atoms with Crippen molar-refractivity contribution in [2.75, 3.05) is 33.7 Å². The van der Waals surface area contributed by atoms with Gasteiger partial charge in [0.1, 0.15) is 0 Å². The molecular weight excluding hydrogens is 460 g/mol. The van der Waals surface area contributed by atoms with Crippen LogP contribution in [0.25, 0.3) is 0 Å². The van der Waals surface area contributed by atoms with Crippen LogP contribution in [0.1, 0.15) is 31.0 Å². The molecule has 0 radical (unpaired) electrons. The lowest BCUT2D eigenvalue weighted by molar-refractivity contribution is -0.142. The second kappa shape index (κ2) is 9.77. The fourth-order valence-corrected chi connectivity index (χ4v) is 3.39. The molecule has 6 nitrogen and oxygen atoms in total. The van der Waals surface area contributed by atoms with Crippen LogP contribution in [-0.2, 0) is 19.8 Å². The zero-order chi connectivity index (χ0) is 18.6. The number of aliphatic imine (C=N–C) groups is 1. The highest BCUT2D eigenvalue weighted by molar-refractivity contribution is 14.0. The van der Waals surface area contributed by atoms with Gasteiger partial charge in [0.15, 0.2) is 11.7 Å². The van der Waals surface area contributed by atoms with Gasteiger partial charge in [-0.2, -0.15) is 18.3 Å². The molecule has 1 unspecified atom stereocenters. The summed E-state index contributed by atoms with van der Waals surface area (Å²) in [6.45, 7) is 5.09. The second-order valence-corrected chi connectivity index (χ2v) is 6.38. The summed E-state index contributed by atoms with van der Waals surface area (Å²) in [5, 5.41) is 6.55. The summed E-state index contributed by atoms with van der Waals surface area (Å²) in [5.41, 5.74) is -0.742. The van der Waals surface area contributed by atoms with Crippen LogP contribution in [-0.4, -0.2) is 65.3 Å². The average Bonchev–Trinajstić information content (AvgIpc) is 3.13. The van der Waals surface area contributed by atoms with Crippen molar-refractivity contribution >= 4 is 29.9 Å². The predicted molar refractivity (Wildman–Crippen MR) is 107 cm³/mol. The molecule has 0 aromatic carbocycles. The third-order valence-corrected chi connectivity index (χ3v) is 4.57. The number of halogens is 4. The zero-order valence-electron chi connectivity index (χ0n) is 15.7. The fourth-order valence-electron chi connectivity index (χ4n) is 3.39. The monoisotopic (exact) mass is 488 g/mol. The number of aryl methyl sites for hydroxylation is 1. The Morgan fingerprint density at radius 3 is 2.73 bits per heavy atom. The first kappa shape index (κ1) is 23.0. The standard InChI is InChI=1S/C16H27F3N6.HI/c1-5-25-8-6-7-13(25)11-23(3)15(20-2)21-9-12-10-24(4)22-14(12)16(17,18)19;/h10,13H,5-9,11H2,1-4H3,(H,20,21);1H. The minimum Gasteiger partial charge on any atom is -0.352 e. The highest BCUT2D eigenvalue weighted by atomic mass is 127. The Balaban J connectivity index is 0.00000338. The van der Waals surface area contributed by atoms with Crippen molar-refractivity contribution < 1.29 is 13.2 Å². The summed E-state index contributed by atoms with van der Waals surface area (Å²) in [5.74, 6) is 0.583.